The van der Waals surface area contributed by atoms with E-state index in [9.17, 15) is 8.78 Å². The third kappa shape index (κ3) is 3.67. The van der Waals surface area contributed by atoms with E-state index in [4.69, 9.17) is 10.1 Å². The molecule has 0 spiro atoms. The van der Waals surface area contributed by atoms with Crippen LogP contribution in [0.1, 0.15) is 25.0 Å². The van der Waals surface area contributed by atoms with E-state index < -0.39 is 11.6 Å². The summed E-state index contributed by atoms with van der Waals surface area (Å²) in [5.41, 5.74) is 1.56. The molecule has 1 saturated carbocycles. The Morgan fingerprint density at radius 2 is 1.82 bits per heavy atom. The standard InChI is InChI=1S/C23H26F2N8/c1-14-9-20(27-13-26-14)31-11-15-3-4-16(12-31)21(15)28-22-29-23-32(7-2-8-33(23)30-22)17-5-6-18(24)19(25)10-17/h5-6,9-10,13,15-16,21H,2-4,7-8,11-12H2,1H3,(H,28,30)/t15-,16+,21?. The van der Waals surface area contributed by atoms with E-state index >= 15 is 0 Å². The van der Waals surface area contributed by atoms with Gasteiger partial charge in [0.25, 0.3) is 0 Å². The van der Waals surface area contributed by atoms with E-state index in [0.29, 0.717) is 42.0 Å². The number of hydrogen-bond acceptors (Lipinski definition) is 7. The first-order valence-corrected chi connectivity index (χ1v) is 11.5. The first-order chi connectivity index (χ1) is 16.0. The van der Waals surface area contributed by atoms with E-state index in [1.807, 2.05) is 22.6 Å². The summed E-state index contributed by atoms with van der Waals surface area (Å²) in [6.45, 7) is 5.32. The second kappa shape index (κ2) is 7.93. The van der Waals surface area contributed by atoms with Crippen molar-refractivity contribution in [3.8, 4) is 0 Å². The lowest BCUT2D eigenvalue weighted by molar-refractivity contribution is 0.374. The molecule has 3 aromatic rings. The van der Waals surface area contributed by atoms with Crippen LogP contribution in [-0.2, 0) is 6.54 Å². The smallest absolute Gasteiger partial charge is 0.244 e. The van der Waals surface area contributed by atoms with Crippen LogP contribution in [-0.4, -0.2) is 50.4 Å². The van der Waals surface area contributed by atoms with Crippen molar-refractivity contribution in [2.45, 2.75) is 38.8 Å². The van der Waals surface area contributed by atoms with Crippen molar-refractivity contribution in [3.63, 3.8) is 0 Å². The van der Waals surface area contributed by atoms with Crippen molar-refractivity contribution >= 4 is 23.4 Å². The molecule has 1 unspecified atom stereocenters. The van der Waals surface area contributed by atoms with E-state index in [0.717, 1.165) is 56.5 Å². The molecule has 10 heteroatoms. The van der Waals surface area contributed by atoms with Crippen molar-refractivity contribution in [2.75, 3.05) is 34.8 Å². The van der Waals surface area contributed by atoms with Crippen LogP contribution in [0.3, 0.4) is 0 Å². The fraction of sp³-hybridized carbons (Fsp3) is 0.478. The summed E-state index contributed by atoms with van der Waals surface area (Å²) in [7, 11) is 0. The molecular weight excluding hydrogens is 426 g/mol. The van der Waals surface area contributed by atoms with Gasteiger partial charge in [0.1, 0.15) is 12.1 Å². The van der Waals surface area contributed by atoms with Gasteiger partial charge in [0.15, 0.2) is 11.6 Å². The van der Waals surface area contributed by atoms with Crippen LogP contribution < -0.4 is 15.1 Å². The molecular formula is C23H26F2N8. The van der Waals surface area contributed by atoms with Crippen LogP contribution in [0.4, 0.5) is 32.2 Å². The zero-order valence-electron chi connectivity index (χ0n) is 18.5. The van der Waals surface area contributed by atoms with Gasteiger partial charge in [-0.2, -0.15) is 4.98 Å². The topological polar surface area (TPSA) is 75.0 Å². The Morgan fingerprint density at radius 3 is 2.58 bits per heavy atom. The lowest BCUT2D eigenvalue weighted by atomic mass is 9.92. The monoisotopic (exact) mass is 452 g/mol. The van der Waals surface area contributed by atoms with Gasteiger partial charge in [0.2, 0.25) is 11.9 Å². The third-order valence-corrected chi connectivity index (χ3v) is 7.10. The summed E-state index contributed by atoms with van der Waals surface area (Å²) in [4.78, 5) is 17.7. The zero-order chi connectivity index (χ0) is 22.5. The number of hydrogen-bond donors (Lipinski definition) is 1. The molecule has 1 saturated heterocycles. The summed E-state index contributed by atoms with van der Waals surface area (Å²) in [6, 6.07) is 6.32. The molecule has 1 N–H and O–H groups in total. The van der Waals surface area contributed by atoms with Gasteiger partial charge in [-0.25, -0.2) is 23.4 Å². The van der Waals surface area contributed by atoms with Gasteiger partial charge < -0.3 is 15.1 Å². The summed E-state index contributed by atoms with van der Waals surface area (Å²) >= 11 is 0. The molecule has 0 radical (unpaired) electrons. The van der Waals surface area contributed by atoms with Crippen molar-refractivity contribution in [1.82, 2.24) is 24.7 Å². The SMILES string of the molecule is Cc1cc(N2C[C@H]3CC[C@@H](C2)C3Nc2nc3n(n2)CCCN3c2ccc(F)c(F)c2)ncn1. The Kier molecular flexibility index (Phi) is 4.88. The number of benzene rings is 1. The van der Waals surface area contributed by atoms with Gasteiger partial charge in [-0.05, 0) is 50.2 Å². The molecule has 4 heterocycles. The minimum atomic E-state index is -0.857. The van der Waals surface area contributed by atoms with Gasteiger partial charge in [0.05, 0.1) is 0 Å². The average Bonchev–Trinajstić information content (AvgIpc) is 3.31. The Morgan fingerprint density at radius 1 is 1.00 bits per heavy atom. The maximum atomic E-state index is 13.8. The van der Waals surface area contributed by atoms with E-state index in [1.165, 1.54) is 6.07 Å². The van der Waals surface area contributed by atoms with Crippen LogP contribution in [0, 0.1) is 30.4 Å². The molecule has 2 bridgehead atoms. The Hall–Kier alpha value is -3.30. The number of fused-ring (bicyclic) bond motifs is 3. The average molecular weight is 453 g/mol. The van der Waals surface area contributed by atoms with Crippen molar-refractivity contribution in [2.24, 2.45) is 11.8 Å². The molecule has 2 aromatic heterocycles. The number of rotatable bonds is 4. The number of aromatic nitrogens is 5. The van der Waals surface area contributed by atoms with Gasteiger partial charge in [-0.15, -0.1) is 5.10 Å². The van der Waals surface area contributed by atoms with Gasteiger partial charge in [0, 0.05) is 55.7 Å². The van der Waals surface area contributed by atoms with Gasteiger partial charge in [-0.3, -0.25) is 0 Å². The molecule has 1 aliphatic carbocycles. The maximum absolute atomic E-state index is 13.8. The predicted octanol–water partition coefficient (Wildman–Crippen LogP) is 3.52. The first-order valence-electron chi connectivity index (χ1n) is 11.5. The number of piperidine rings is 1. The lowest BCUT2D eigenvalue weighted by Gasteiger charge is -2.38. The highest BCUT2D eigenvalue weighted by atomic mass is 19.2. The lowest BCUT2D eigenvalue weighted by Crippen LogP contribution is -2.48. The van der Waals surface area contributed by atoms with Crippen LogP contribution in [0.25, 0.3) is 0 Å². The van der Waals surface area contributed by atoms with Crippen molar-refractivity contribution < 1.29 is 8.78 Å². The van der Waals surface area contributed by atoms with E-state index in [2.05, 4.69) is 20.2 Å². The molecule has 3 aliphatic rings. The van der Waals surface area contributed by atoms with E-state index in [-0.39, 0.29) is 0 Å². The fourth-order valence-corrected chi connectivity index (χ4v) is 5.53. The Bertz CT molecular complexity index is 1170. The minimum Gasteiger partial charge on any atom is -0.356 e. The Balaban J connectivity index is 1.21. The third-order valence-electron chi connectivity index (χ3n) is 7.10. The molecule has 8 nitrogen and oxygen atoms in total. The van der Waals surface area contributed by atoms with Crippen LogP contribution in [0.2, 0.25) is 0 Å². The summed E-state index contributed by atoms with van der Waals surface area (Å²) in [5, 5.41) is 8.31. The summed E-state index contributed by atoms with van der Waals surface area (Å²) in [6.07, 6.45) is 4.82. The highest BCUT2D eigenvalue weighted by molar-refractivity contribution is 5.59. The largest absolute Gasteiger partial charge is 0.356 e. The molecule has 3 atom stereocenters. The quantitative estimate of drug-likeness (QED) is 0.649. The van der Waals surface area contributed by atoms with Crippen molar-refractivity contribution in [1.29, 1.82) is 0 Å². The minimum absolute atomic E-state index is 0.311. The van der Waals surface area contributed by atoms with Crippen LogP contribution in [0.15, 0.2) is 30.6 Å². The van der Waals surface area contributed by atoms with Crippen molar-refractivity contribution in [3.05, 3.63) is 47.9 Å². The second-order valence-electron chi connectivity index (χ2n) is 9.25. The maximum Gasteiger partial charge on any atom is 0.244 e. The van der Waals surface area contributed by atoms with Gasteiger partial charge in [-0.1, -0.05) is 0 Å². The number of halogens is 2. The molecule has 172 valence electrons. The number of nitrogens with zero attached hydrogens (tertiary/aromatic N) is 7. The normalized spacial score (nSPS) is 24.2. The summed E-state index contributed by atoms with van der Waals surface area (Å²) < 4.78 is 29.1. The molecule has 1 aromatic carbocycles. The zero-order valence-corrected chi connectivity index (χ0v) is 18.5. The summed E-state index contributed by atoms with van der Waals surface area (Å²) in [5.74, 6) is 1.53. The molecule has 6 rings (SSSR count). The molecule has 2 aliphatic heterocycles. The predicted molar refractivity (Wildman–Crippen MR) is 121 cm³/mol. The Labute approximate surface area is 190 Å². The fourth-order valence-electron chi connectivity index (χ4n) is 5.53. The van der Waals surface area contributed by atoms with E-state index in [1.54, 1.807) is 12.4 Å². The number of anilines is 4. The highest BCUT2D eigenvalue weighted by Crippen LogP contribution is 2.40. The second-order valence-corrected chi connectivity index (χ2v) is 9.25. The number of aryl methyl sites for hydroxylation is 2. The first kappa shape index (κ1) is 20.3. The van der Waals surface area contributed by atoms with Crippen LogP contribution in [0.5, 0.6) is 0 Å². The van der Waals surface area contributed by atoms with Gasteiger partial charge >= 0.3 is 0 Å². The molecule has 2 fully saturated rings. The van der Waals surface area contributed by atoms with Crippen LogP contribution >= 0.6 is 0 Å². The molecule has 0 amide bonds. The molecule has 33 heavy (non-hydrogen) atoms. The highest BCUT2D eigenvalue weighted by Gasteiger charge is 2.43. The number of nitrogens with one attached hydrogen (secondary N) is 1.